The Morgan fingerprint density at radius 3 is 2.14 bits per heavy atom. The maximum Gasteiger partial charge on any atom is 0.416 e. The molecule has 22 heavy (non-hydrogen) atoms. The van der Waals surface area contributed by atoms with E-state index in [1.165, 1.54) is 13.8 Å². The van der Waals surface area contributed by atoms with Crippen molar-refractivity contribution >= 4 is 5.97 Å². The highest BCUT2D eigenvalue weighted by Crippen LogP contribution is 2.38. The van der Waals surface area contributed by atoms with Crippen molar-refractivity contribution in [1.29, 1.82) is 0 Å². The van der Waals surface area contributed by atoms with Gasteiger partial charge in [0.25, 0.3) is 0 Å². The minimum atomic E-state index is -4.49. The molecule has 0 radical (unpaired) electrons. The highest BCUT2D eigenvalue weighted by molar-refractivity contribution is 5.77. The minimum Gasteiger partial charge on any atom is -0.469 e. The summed E-state index contributed by atoms with van der Waals surface area (Å²) >= 11 is 0. The molecule has 0 saturated carbocycles. The van der Waals surface area contributed by atoms with Gasteiger partial charge in [0.05, 0.1) is 24.0 Å². The second-order valence-corrected chi connectivity index (χ2v) is 5.40. The molecular weight excluding hydrogens is 303 g/mol. The van der Waals surface area contributed by atoms with Crippen LogP contribution in [0.5, 0.6) is 0 Å². The van der Waals surface area contributed by atoms with Gasteiger partial charge in [0.15, 0.2) is 0 Å². The molecule has 0 heterocycles. The minimum absolute atomic E-state index is 0.278. The molecule has 122 valence electrons. The number of halogens is 3. The van der Waals surface area contributed by atoms with Gasteiger partial charge in [0, 0.05) is 4.92 Å². The number of nitro groups is 1. The van der Waals surface area contributed by atoms with Gasteiger partial charge in [-0.25, -0.2) is 0 Å². The van der Waals surface area contributed by atoms with Crippen LogP contribution in [0.15, 0.2) is 24.3 Å². The zero-order valence-corrected chi connectivity index (χ0v) is 12.3. The van der Waals surface area contributed by atoms with Crippen LogP contribution in [-0.4, -0.2) is 24.5 Å². The van der Waals surface area contributed by atoms with E-state index in [1.54, 1.807) is 0 Å². The van der Waals surface area contributed by atoms with Gasteiger partial charge in [-0.3, -0.25) is 14.9 Å². The number of nitrogens with zero attached hydrogens (tertiary/aromatic N) is 1. The van der Waals surface area contributed by atoms with Crippen LogP contribution in [0.1, 0.15) is 30.9 Å². The van der Waals surface area contributed by atoms with Gasteiger partial charge in [-0.2, -0.15) is 13.2 Å². The largest absolute Gasteiger partial charge is 0.469 e. The van der Waals surface area contributed by atoms with Gasteiger partial charge in [-0.15, -0.1) is 0 Å². The first-order valence-electron chi connectivity index (χ1n) is 6.37. The number of methoxy groups -OCH3 is 1. The van der Waals surface area contributed by atoms with Crippen LogP contribution >= 0.6 is 0 Å². The molecule has 0 spiro atoms. The Balaban J connectivity index is 3.23. The monoisotopic (exact) mass is 319 g/mol. The zero-order valence-electron chi connectivity index (χ0n) is 12.3. The molecule has 0 aliphatic heterocycles. The molecule has 0 fully saturated rings. The van der Waals surface area contributed by atoms with Crippen LogP contribution < -0.4 is 0 Å². The lowest BCUT2D eigenvalue weighted by molar-refractivity contribution is -0.485. The van der Waals surface area contributed by atoms with Crippen molar-refractivity contribution in [2.24, 2.45) is 5.41 Å². The second kappa shape index (κ2) is 6.33. The van der Waals surface area contributed by atoms with Crippen molar-refractivity contribution < 1.29 is 27.6 Å². The smallest absolute Gasteiger partial charge is 0.416 e. The Morgan fingerprint density at radius 1 is 1.27 bits per heavy atom. The number of benzene rings is 1. The molecule has 0 amide bonds. The average molecular weight is 319 g/mol. The van der Waals surface area contributed by atoms with Crippen LogP contribution in [0.4, 0.5) is 13.2 Å². The summed E-state index contributed by atoms with van der Waals surface area (Å²) in [4.78, 5) is 22.1. The molecule has 8 heteroatoms. The van der Waals surface area contributed by atoms with Crippen molar-refractivity contribution in [3.63, 3.8) is 0 Å². The first kappa shape index (κ1) is 17.9. The molecule has 0 N–H and O–H groups in total. The summed E-state index contributed by atoms with van der Waals surface area (Å²) < 4.78 is 42.3. The summed E-state index contributed by atoms with van der Waals surface area (Å²) in [7, 11) is 1.15. The third-order valence-corrected chi connectivity index (χ3v) is 3.55. The fraction of sp³-hybridized carbons (Fsp3) is 0.500. The second-order valence-electron chi connectivity index (χ2n) is 5.40. The molecule has 5 nitrogen and oxygen atoms in total. The van der Waals surface area contributed by atoms with E-state index in [2.05, 4.69) is 4.74 Å². The van der Waals surface area contributed by atoms with Gasteiger partial charge < -0.3 is 4.74 Å². The van der Waals surface area contributed by atoms with E-state index in [1.807, 2.05) is 0 Å². The van der Waals surface area contributed by atoms with E-state index < -0.39 is 40.5 Å². The maximum absolute atomic E-state index is 12.6. The van der Waals surface area contributed by atoms with Crippen molar-refractivity contribution in [1.82, 2.24) is 0 Å². The standard InChI is InChI=1S/C14H16F3NO4/c1-13(2,12(19)22-3)11(8-18(20)21)9-4-6-10(7-5-9)14(15,16)17/h4-7,11H,8H2,1-3H3. The SMILES string of the molecule is COC(=O)C(C)(C)C(C[N+](=O)[O-])c1ccc(C(F)(F)F)cc1. The summed E-state index contributed by atoms with van der Waals surface area (Å²) in [5, 5.41) is 10.8. The van der Waals surface area contributed by atoms with Crippen LogP contribution in [0.3, 0.4) is 0 Å². The molecule has 0 saturated heterocycles. The molecule has 1 aromatic rings. The first-order valence-corrected chi connectivity index (χ1v) is 6.37. The first-order chi connectivity index (χ1) is 10.00. The number of hydrogen-bond acceptors (Lipinski definition) is 4. The third-order valence-electron chi connectivity index (χ3n) is 3.55. The van der Waals surface area contributed by atoms with Crippen LogP contribution in [0, 0.1) is 15.5 Å². The fourth-order valence-corrected chi connectivity index (χ4v) is 2.21. The van der Waals surface area contributed by atoms with E-state index in [4.69, 9.17) is 0 Å². The van der Waals surface area contributed by atoms with Crippen LogP contribution in [-0.2, 0) is 15.7 Å². The zero-order chi connectivity index (χ0) is 17.1. The molecule has 0 bridgehead atoms. The normalized spacial score (nSPS) is 13.5. The number of alkyl halides is 3. The number of hydrogen-bond donors (Lipinski definition) is 0. The van der Waals surface area contributed by atoms with E-state index in [0.717, 1.165) is 31.4 Å². The molecule has 1 unspecified atom stereocenters. The number of carbonyl (C=O) groups is 1. The van der Waals surface area contributed by atoms with Crippen LogP contribution in [0.2, 0.25) is 0 Å². The number of carbonyl (C=O) groups excluding carboxylic acids is 1. The van der Waals surface area contributed by atoms with Crippen molar-refractivity contribution in [2.75, 3.05) is 13.7 Å². The Bertz CT molecular complexity index is 552. The van der Waals surface area contributed by atoms with Crippen molar-refractivity contribution in [2.45, 2.75) is 25.9 Å². The molecule has 1 rings (SSSR count). The highest BCUT2D eigenvalue weighted by Gasteiger charge is 2.42. The van der Waals surface area contributed by atoms with Gasteiger partial charge in [-0.05, 0) is 31.5 Å². The van der Waals surface area contributed by atoms with Gasteiger partial charge in [0.2, 0.25) is 6.54 Å². The number of rotatable bonds is 5. The predicted octanol–water partition coefficient (Wildman–Crippen LogP) is 3.26. The predicted molar refractivity (Wildman–Crippen MR) is 71.8 cm³/mol. The summed E-state index contributed by atoms with van der Waals surface area (Å²) in [5.74, 6) is -1.57. The van der Waals surface area contributed by atoms with Gasteiger partial charge in [-0.1, -0.05) is 12.1 Å². The van der Waals surface area contributed by atoms with E-state index in [0.29, 0.717) is 0 Å². The lowest BCUT2D eigenvalue weighted by Crippen LogP contribution is -2.36. The van der Waals surface area contributed by atoms with Crippen molar-refractivity contribution in [3.05, 3.63) is 45.5 Å². The fourth-order valence-electron chi connectivity index (χ4n) is 2.21. The van der Waals surface area contributed by atoms with Crippen molar-refractivity contribution in [3.8, 4) is 0 Å². The lowest BCUT2D eigenvalue weighted by Gasteiger charge is -2.29. The topological polar surface area (TPSA) is 69.4 Å². The molecular formula is C14H16F3NO4. The number of esters is 1. The Hall–Kier alpha value is -2.12. The lowest BCUT2D eigenvalue weighted by atomic mass is 9.74. The van der Waals surface area contributed by atoms with Gasteiger partial charge in [0.1, 0.15) is 0 Å². The van der Waals surface area contributed by atoms with E-state index in [9.17, 15) is 28.1 Å². The Morgan fingerprint density at radius 2 is 1.77 bits per heavy atom. The molecule has 0 aromatic heterocycles. The Kier molecular flexibility index (Phi) is 5.16. The maximum atomic E-state index is 12.6. The highest BCUT2D eigenvalue weighted by atomic mass is 19.4. The number of ether oxygens (including phenoxy) is 1. The molecule has 0 aliphatic rings. The Labute approximate surface area is 125 Å². The summed E-state index contributed by atoms with van der Waals surface area (Å²) in [6.07, 6.45) is -4.49. The molecule has 1 aromatic carbocycles. The van der Waals surface area contributed by atoms with E-state index >= 15 is 0 Å². The summed E-state index contributed by atoms with van der Waals surface area (Å²) in [6, 6.07) is 3.99. The molecule has 1 atom stereocenters. The quantitative estimate of drug-likeness (QED) is 0.474. The third kappa shape index (κ3) is 3.96. The van der Waals surface area contributed by atoms with Crippen LogP contribution in [0.25, 0.3) is 0 Å². The summed E-state index contributed by atoms with van der Waals surface area (Å²) in [5.41, 5.74) is -1.83. The van der Waals surface area contributed by atoms with Gasteiger partial charge >= 0.3 is 12.1 Å². The average Bonchev–Trinajstić information content (AvgIpc) is 2.42. The molecule has 0 aliphatic carbocycles. The van der Waals surface area contributed by atoms with E-state index in [-0.39, 0.29) is 5.56 Å². The summed E-state index contributed by atoms with van der Waals surface area (Å²) in [6.45, 7) is 2.34.